The highest BCUT2D eigenvalue weighted by molar-refractivity contribution is 5.94. The molecule has 0 aliphatic rings. The molecule has 9 nitrogen and oxygen atoms in total. The second-order valence-electron chi connectivity index (χ2n) is 5.67. The Labute approximate surface area is 151 Å². The third kappa shape index (κ3) is 3.13. The molecule has 0 spiro atoms. The number of aromatic amines is 2. The number of carbonyl (C=O) groups excluding carboxylic acids is 1. The predicted octanol–water partition coefficient (Wildman–Crippen LogP) is 1.15. The van der Waals surface area contributed by atoms with E-state index >= 15 is 0 Å². The second-order valence-corrected chi connectivity index (χ2v) is 5.67. The second kappa shape index (κ2) is 6.71. The number of benzene rings is 2. The Hall–Kier alpha value is -4.01. The minimum absolute atomic E-state index is 0.0665. The van der Waals surface area contributed by atoms with Crippen LogP contribution in [0.3, 0.4) is 0 Å². The van der Waals surface area contributed by atoms with Crippen LogP contribution in [0.4, 0.5) is 0 Å². The number of nitrogens with zero attached hydrogens (tertiary/aromatic N) is 3. The minimum atomic E-state index is -0.610. The maximum atomic E-state index is 12.7. The fraction of sp³-hybridized carbons (Fsp3) is 0.0556. The summed E-state index contributed by atoms with van der Waals surface area (Å²) in [6, 6.07) is 13.0. The summed E-state index contributed by atoms with van der Waals surface area (Å²) in [4.78, 5) is 43.8. The van der Waals surface area contributed by atoms with Crippen LogP contribution in [-0.2, 0) is 11.3 Å². The number of nitrogens with one attached hydrogen (secondary N) is 2. The Balaban J connectivity index is 1.70. The van der Waals surface area contributed by atoms with Crippen molar-refractivity contribution in [2.45, 2.75) is 6.61 Å². The highest BCUT2D eigenvalue weighted by Gasteiger charge is 2.13. The highest BCUT2D eigenvalue weighted by Crippen LogP contribution is 2.12. The van der Waals surface area contributed by atoms with Crippen molar-refractivity contribution in [3.05, 3.63) is 87.1 Å². The van der Waals surface area contributed by atoms with Gasteiger partial charge >= 0.3 is 11.7 Å². The Bertz CT molecular complexity index is 1230. The van der Waals surface area contributed by atoms with Gasteiger partial charge in [-0.25, -0.2) is 19.1 Å². The van der Waals surface area contributed by atoms with Crippen LogP contribution in [0.1, 0.15) is 16.2 Å². The van der Waals surface area contributed by atoms with Crippen molar-refractivity contribution in [2.75, 3.05) is 0 Å². The van der Waals surface area contributed by atoms with E-state index in [9.17, 15) is 14.4 Å². The molecule has 0 bridgehead atoms. The van der Waals surface area contributed by atoms with Gasteiger partial charge in [0.15, 0.2) is 12.4 Å². The van der Waals surface area contributed by atoms with E-state index in [0.717, 1.165) is 4.57 Å². The molecule has 0 atom stereocenters. The molecule has 4 rings (SSSR count). The molecule has 2 aromatic carbocycles. The van der Waals surface area contributed by atoms with E-state index in [-0.39, 0.29) is 23.1 Å². The number of esters is 1. The summed E-state index contributed by atoms with van der Waals surface area (Å²) in [5, 5.41) is 6.53. The van der Waals surface area contributed by atoms with Gasteiger partial charge in [-0.2, -0.15) is 5.10 Å². The van der Waals surface area contributed by atoms with Crippen LogP contribution < -0.4 is 11.2 Å². The molecule has 2 aromatic heterocycles. The van der Waals surface area contributed by atoms with E-state index in [0.29, 0.717) is 11.5 Å². The topological polar surface area (TPSA) is 123 Å². The first kappa shape index (κ1) is 16.5. The first-order valence-electron chi connectivity index (χ1n) is 7.99. The van der Waals surface area contributed by atoms with Gasteiger partial charge in [-0.05, 0) is 30.3 Å². The molecule has 0 saturated carbocycles. The van der Waals surface area contributed by atoms with Crippen LogP contribution in [-0.4, -0.2) is 30.7 Å². The molecule has 0 fully saturated rings. The van der Waals surface area contributed by atoms with Gasteiger partial charge in [0, 0.05) is 0 Å². The van der Waals surface area contributed by atoms with Crippen LogP contribution in [0.5, 0.6) is 0 Å². The van der Waals surface area contributed by atoms with Gasteiger partial charge in [-0.1, -0.05) is 18.2 Å². The zero-order valence-corrected chi connectivity index (χ0v) is 13.9. The van der Waals surface area contributed by atoms with Gasteiger partial charge in [-0.15, -0.1) is 0 Å². The molecule has 27 heavy (non-hydrogen) atoms. The Morgan fingerprint density at radius 2 is 1.93 bits per heavy atom. The van der Waals surface area contributed by atoms with Crippen molar-refractivity contribution >= 4 is 16.9 Å². The first-order valence-corrected chi connectivity index (χ1v) is 7.99. The van der Waals surface area contributed by atoms with Crippen molar-refractivity contribution in [3.63, 3.8) is 0 Å². The summed E-state index contributed by atoms with van der Waals surface area (Å²) in [6.07, 6.45) is 1.31. The van der Waals surface area contributed by atoms with Gasteiger partial charge in [0.1, 0.15) is 6.33 Å². The quantitative estimate of drug-likeness (QED) is 0.525. The lowest BCUT2D eigenvalue weighted by atomic mass is 10.1. The summed E-state index contributed by atoms with van der Waals surface area (Å²) in [7, 11) is 0. The van der Waals surface area contributed by atoms with Crippen LogP contribution in [0.2, 0.25) is 0 Å². The summed E-state index contributed by atoms with van der Waals surface area (Å²) in [5.74, 6) is -0.204. The molecule has 2 N–H and O–H groups in total. The molecule has 0 saturated heterocycles. The molecule has 2 heterocycles. The number of aromatic nitrogens is 5. The molecular formula is C18H13N5O4. The molecule has 0 unspecified atom stereocenters. The van der Waals surface area contributed by atoms with Crippen LogP contribution in [0, 0.1) is 0 Å². The Kier molecular flexibility index (Phi) is 4.09. The third-order valence-corrected chi connectivity index (χ3v) is 3.95. The van der Waals surface area contributed by atoms with Gasteiger partial charge in [0.2, 0.25) is 0 Å². The average molecular weight is 363 g/mol. The van der Waals surface area contributed by atoms with Gasteiger partial charge in [-0.3, -0.25) is 9.89 Å². The molecular weight excluding hydrogens is 350 g/mol. The molecule has 134 valence electrons. The number of rotatable bonds is 4. The lowest BCUT2D eigenvalue weighted by molar-refractivity contribution is 0.0463. The maximum Gasteiger partial charge on any atom is 0.338 e. The van der Waals surface area contributed by atoms with Crippen molar-refractivity contribution in [1.29, 1.82) is 0 Å². The standard InChI is InChI=1S/C18H13N5O4/c24-16-13-7-6-11(17(25)27-9-15-19-10-20-22-15)8-14(13)21-18(26)23(16)12-4-2-1-3-5-12/h1-8,10H,9H2,(H,21,26)(H,19,20,22). The zero-order valence-electron chi connectivity index (χ0n) is 13.9. The zero-order chi connectivity index (χ0) is 18.8. The van der Waals surface area contributed by atoms with Crippen molar-refractivity contribution < 1.29 is 9.53 Å². The number of fused-ring (bicyclic) bond motifs is 1. The molecule has 0 radical (unpaired) electrons. The SMILES string of the molecule is O=C(OCc1ncn[nH]1)c1ccc2c(=O)n(-c3ccccc3)c(=O)[nH]c2c1. The van der Waals surface area contributed by atoms with Gasteiger partial charge in [0.05, 0.1) is 22.2 Å². The summed E-state index contributed by atoms with van der Waals surface area (Å²) < 4.78 is 6.17. The number of ether oxygens (including phenoxy) is 1. The monoisotopic (exact) mass is 363 g/mol. The van der Waals surface area contributed by atoms with Crippen LogP contribution in [0.15, 0.2) is 64.4 Å². The predicted molar refractivity (Wildman–Crippen MR) is 95.7 cm³/mol. The van der Waals surface area contributed by atoms with Crippen LogP contribution in [0.25, 0.3) is 16.6 Å². The Morgan fingerprint density at radius 3 is 2.67 bits per heavy atom. The maximum absolute atomic E-state index is 12.7. The number of carbonyl (C=O) groups is 1. The highest BCUT2D eigenvalue weighted by atomic mass is 16.5. The van der Waals surface area contributed by atoms with Crippen molar-refractivity contribution in [1.82, 2.24) is 24.7 Å². The first-order chi connectivity index (χ1) is 13.1. The smallest absolute Gasteiger partial charge is 0.338 e. The van der Waals surface area contributed by atoms with Gasteiger partial charge in [0.25, 0.3) is 5.56 Å². The fourth-order valence-electron chi connectivity index (χ4n) is 2.67. The van der Waals surface area contributed by atoms with E-state index in [1.165, 1.54) is 24.5 Å². The molecule has 0 aliphatic carbocycles. The van der Waals surface area contributed by atoms with E-state index < -0.39 is 17.2 Å². The van der Waals surface area contributed by atoms with E-state index in [1.54, 1.807) is 30.3 Å². The minimum Gasteiger partial charge on any atom is -0.454 e. The van der Waals surface area contributed by atoms with E-state index in [1.807, 2.05) is 0 Å². The molecule has 4 aromatic rings. The number of para-hydroxylation sites is 1. The van der Waals surface area contributed by atoms with Crippen molar-refractivity contribution in [3.8, 4) is 5.69 Å². The normalized spacial score (nSPS) is 10.8. The fourth-order valence-corrected chi connectivity index (χ4v) is 2.67. The molecule has 0 aliphatic heterocycles. The lowest BCUT2D eigenvalue weighted by Gasteiger charge is -2.07. The summed E-state index contributed by atoms with van der Waals surface area (Å²) >= 11 is 0. The molecule has 9 heteroatoms. The van der Waals surface area contributed by atoms with Crippen molar-refractivity contribution in [2.24, 2.45) is 0 Å². The van der Waals surface area contributed by atoms with Crippen LogP contribution >= 0.6 is 0 Å². The average Bonchev–Trinajstić information content (AvgIpc) is 3.20. The lowest BCUT2D eigenvalue weighted by Crippen LogP contribution is -2.33. The largest absolute Gasteiger partial charge is 0.454 e. The summed E-state index contributed by atoms with van der Waals surface area (Å²) in [5.41, 5.74) is -0.144. The third-order valence-electron chi connectivity index (χ3n) is 3.95. The van der Waals surface area contributed by atoms with E-state index in [4.69, 9.17) is 4.74 Å². The van der Waals surface area contributed by atoms with E-state index in [2.05, 4.69) is 20.2 Å². The number of hydrogen-bond acceptors (Lipinski definition) is 6. The Morgan fingerprint density at radius 1 is 1.11 bits per heavy atom. The number of H-pyrrole nitrogens is 2. The summed E-state index contributed by atoms with van der Waals surface area (Å²) in [6.45, 7) is -0.0665. The molecule has 0 amide bonds. The number of hydrogen-bond donors (Lipinski definition) is 2. The van der Waals surface area contributed by atoms with Gasteiger partial charge < -0.3 is 9.72 Å².